The Labute approximate surface area is 152 Å². The van der Waals surface area contributed by atoms with Gasteiger partial charge in [0.25, 0.3) is 0 Å². The Morgan fingerprint density at radius 1 is 0.778 bits per heavy atom. The Hall–Kier alpha value is -3.62. The third-order valence-corrected chi connectivity index (χ3v) is 4.13. The van der Waals surface area contributed by atoms with Gasteiger partial charge in [0, 0.05) is 6.54 Å². The molecule has 2 heterocycles. The first kappa shape index (κ1) is 18.2. The Kier molecular flexibility index (Phi) is 4.93. The third-order valence-electron chi connectivity index (χ3n) is 4.13. The Morgan fingerprint density at radius 3 is 1.89 bits per heavy atom. The molecule has 140 valence electrons. The Balaban J connectivity index is 2.10. The van der Waals surface area contributed by atoms with Crippen LogP contribution in [0.3, 0.4) is 0 Å². The van der Waals surface area contributed by atoms with E-state index in [0.717, 1.165) is 13.7 Å². The second kappa shape index (κ2) is 7.32. The van der Waals surface area contributed by atoms with E-state index in [4.69, 9.17) is 4.42 Å². The third kappa shape index (κ3) is 3.14. The van der Waals surface area contributed by atoms with Crippen LogP contribution in [-0.2, 0) is 26.2 Å². The lowest BCUT2D eigenvalue weighted by Gasteiger charge is -2.12. The van der Waals surface area contributed by atoms with Crippen molar-refractivity contribution in [3.05, 3.63) is 91.6 Å². The van der Waals surface area contributed by atoms with Crippen LogP contribution in [0.2, 0.25) is 0 Å². The summed E-state index contributed by atoms with van der Waals surface area (Å²) in [6, 6.07) is 6.85. The molecular weight excluding hydrogens is 352 g/mol. The van der Waals surface area contributed by atoms with Crippen molar-refractivity contribution < 1.29 is 4.42 Å². The van der Waals surface area contributed by atoms with Gasteiger partial charge in [-0.25, -0.2) is 32.9 Å². The van der Waals surface area contributed by atoms with Gasteiger partial charge in [-0.1, -0.05) is 24.3 Å². The summed E-state index contributed by atoms with van der Waals surface area (Å²) in [5.74, 6) is -0.588. The predicted molar refractivity (Wildman–Crippen MR) is 100 cm³/mol. The molecule has 2 aromatic heterocycles. The summed E-state index contributed by atoms with van der Waals surface area (Å²) in [7, 11) is 0. The number of hydrogen-bond donors (Lipinski definition) is 0. The highest BCUT2D eigenvalue weighted by atomic mass is 16.4. The molecule has 27 heavy (non-hydrogen) atoms. The number of para-hydroxylation sites is 2. The second-order valence-corrected chi connectivity index (χ2v) is 5.79. The van der Waals surface area contributed by atoms with Crippen LogP contribution < -0.4 is 22.8 Å². The molecule has 0 saturated carbocycles. The summed E-state index contributed by atoms with van der Waals surface area (Å²) in [6.45, 7) is 6.91. The van der Waals surface area contributed by atoms with Crippen LogP contribution in [0.25, 0.3) is 11.1 Å². The van der Waals surface area contributed by atoms with Crippen molar-refractivity contribution in [3.63, 3.8) is 0 Å². The molecular formula is C18H18N4O5. The van der Waals surface area contributed by atoms with Gasteiger partial charge >= 0.3 is 22.8 Å². The zero-order valence-corrected chi connectivity index (χ0v) is 14.5. The number of nitrogens with zero attached hydrogens (tertiary/aromatic N) is 4. The standard InChI is InChI=1S/C18H18N4O5/c1-3-9-20-15(23)21(10-4-2)17(25)22(16(20)24)12-11-19-13-7-5-6-8-14(13)27-18(19)26/h3-8H,1-2,9-12H2. The molecule has 0 saturated heterocycles. The minimum Gasteiger partial charge on any atom is -0.408 e. The number of aryl methyl sites for hydroxylation is 1. The summed E-state index contributed by atoms with van der Waals surface area (Å²) in [5.41, 5.74) is -1.28. The van der Waals surface area contributed by atoms with Crippen LogP contribution >= 0.6 is 0 Å². The Bertz CT molecular complexity index is 1200. The maximum atomic E-state index is 12.6. The SMILES string of the molecule is C=CCn1c(=O)n(CC=C)c(=O)n(CCn2c(=O)oc3ccccc32)c1=O. The minimum atomic E-state index is -0.758. The van der Waals surface area contributed by atoms with Crippen LogP contribution in [0.4, 0.5) is 0 Å². The highest BCUT2D eigenvalue weighted by molar-refractivity contribution is 5.72. The lowest BCUT2D eigenvalue weighted by molar-refractivity contribution is 0.436. The summed E-state index contributed by atoms with van der Waals surface area (Å²) in [5, 5.41) is 0. The number of hydrogen-bond acceptors (Lipinski definition) is 5. The monoisotopic (exact) mass is 370 g/mol. The molecule has 0 spiro atoms. The lowest BCUT2D eigenvalue weighted by atomic mass is 10.3. The van der Waals surface area contributed by atoms with E-state index >= 15 is 0 Å². The van der Waals surface area contributed by atoms with Gasteiger partial charge in [-0.05, 0) is 12.1 Å². The lowest BCUT2D eigenvalue weighted by Crippen LogP contribution is -2.54. The zero-order valence-electron chi connectivity index (χ0n) is 14.5. The largest absolute Gasteiger partial charge is 0.420 e. The molecule has 0 atom stereocenters. The molecule has 1 aromatic carbocycles. The fourth-order valence-electron chi connectivity index (χ4n) is 2.87. The molecule has 0 radical (unpaired) electrons. The van der Waals surface area contributed by atoms with Gasteiger partial charge in [0.05, 0.1) is 25.2 Å². The van der Waals surface area contributed by atoms with Gasteiger partial charge in [-0.3, -0.25) is 4.57 Å². The Morgan fingerprint density at radius 2 is 1.30 bits per heavy atom. The van der Waals surface area contributed by atoms with E-state index in [0.29, 0.717) is 11.1 Å². The average Bonchev–Trinajstić information content (AvgIpc) is 2.97. The maximum Gasteiger partial charge on any atom is 0.420 e. The van der Waals surface area contributed by atoms with Gasteiger partial charge in [0.1, 0.15) is 0 Å². The molecule has 0 fully saturated rings. The van der Waals surface area contributed by atoms with Crippen molar-refractivity contribution in [2.75, 3.05) is 0 Å². The number of oxazole rings is 1. The summed E-state index contributed by atoms with van der Waals surface area (Å²) < 4.78 is 9.22. The number of fused-ring (bicyclic) bond motifs is 1. The van der Waals surface area contributed by atoms with Gasteiger partial charge in [-0.15, -0.1) is 13.2 Å². The summed E-state index contributed by atoms with van der Waals surface area (Å²) in [4.78, 5) is 49.6. The first-order valence-corrected chi connectivity index (χ1v) is 8.24. The van der Waals surface area contributed by atoms with E-state index in [1.54, 1.807) is 24.3 Å². The van der Waals surface area contributed by atoms with Crippen LogP contribution in [-0.4, -0.2) is 18.3 Å². The van der Waals surface area contributed by atoms with Crippen LogP contribution in [0, 0.1) is 0 Å². The van der Waals surface area contributed by atoms with Gasteiger partial charge in [0.2, 0.25) is 0 Å². The molecule has 9 nitrogen and oxygen atoms in total. The van der Waals surface area contributed by atoms with Crippen molar-refractivity contribution in [1.29, 1.82) is 0 Å². The molecule has 9 heteroatoms. The molecule has 0 bridgehead atoms. The maximum absolute atomic E-state index is 12.6. The average molecular weight is 370 g/mol. The molecule has 0 aliphatic heterocycles. The summed E-state index contributed by atoms with van der Waals surface area (Å²) in [6.07, 6.45) is 2.79. The van der Waals surface area contributed by atoms with Crippen molar-refractivity contribution in [2.45, 2.75) is 26.2 Å². The fourth-order valence-corrected chi connectivity index (χ4v) is 2.87. The van der Waals surface area contributed by atoms with Crippen molar-refractivity contribution >= 4 is 11.1 Å². The fraction of sp³-hybridized carbons (Fsp3) is 0.222. The van der Waals surface area contributed by atoms with E-state index in [2.05, 4.69) is 13.2 Å². The first-order valence-electron chi connectivity index (χ1n) is 8.24. The van der Waals surface area contributed by atoms with E-state index in [1.807, 2.05) is 0 Å². The number of rotatable bonds is 7. The molecule has 0 N–H and O–H groups in total. The predicted octanol–water partition coefficient (Wildman–Crippen LogP) is 0.152. The quantitative estimate of drug-likeness (QED) is 0.551. The van der Waals surface area contributed by atoms with E-state index in [1.165, 1.54) is 16.7 Å². The van der Waals surface area contributed by atoms with Crippen LogP contribution in [0.5, 0.6) is 0 Å². The molecule has 0 aliphatic carbocycles. The number of benzene rings is 1. The van der Waals surface area contributed by atoms with Gasteiger partial charge in [-0.2, -0.15) is 0 Å². The van der Waals surface area contributed by atoms with Crippen molar-refractivity contribution in [2.24, 2.45) is 0 Å². The van der Waals surface area contributed by atoms with Crippen molar-refractivity contribution in [1.82, 2.24) is 18.3 Å². The molecule has 0 aliphatic rings. The second-order valence-electron chi connectivity index (χ2n) is 5.79. The van der Waals surface area contributed by atoms with Gasteiger partial charge in [0.15, 0.2) is 5.58 Å². The normalized spacial score (nSPS) is 11.0. The topological polar surface area (TPSA) is 101 Å². The zero-order chi connectivity index (χ0) is 19.6. The van der Waals surface area contributed by atoms with E-state index in [-0.39, 0.29) is 26.2 Å². The van der Waals surface area contributed by atoms with Crippen LogP contribution in [0.15, 0.2) is 73.2 Å². The molecule has 3 aromatic rings. The minimum absolute atomic E-state index is 0.0331. The van der Waals surface area contributed by atoms with Gasteiger partial charge < -0.3 is 4.42 Å². The van der Waals surface area contributed by atoms with E-state index < -0.39 is 22.8 Å². The highest BCUT2D eigenvalue weighted by Crippen LogP contribution is 2.11. The molecule has 0 unspecified atom stereocenters. The number of allylic oxidation sites excluding steroid dienone is 2. The van der Waals surface area contributed by atoms with E-state index in [9.17, 15) is 19.2 Å². The van der Waals surface area contributed by atoms with Crippen molar-refractivity contribution in [3.8, 4) is 0 Å². The molecule has 3 rings (SSSR count). The smallest absolute Gasteiger partial charge is 0.408 e. The van der Waals surface area contributed by atoms with Crippen LogP contribution in [0.1, 0.15) is 0 Å². The summed E-state index contributed by atoms with van der Waals surface area (Å²) >= 11 is 0. The molecule has 0 amide bonds. The number of aromatic nitrogens is 4. The first-order chi connectivity index (χ1) is 13.0. The highest BCUT2D eigenvalue weighted by Gasteiger charge is 2.15.